The SMILES string of the molecule is CN=C(NCc1cccc(OC)c1OC)N1CC2CCCCC2C1. The normalized spacial score (nSPS) is 23.8. The van der Waals surface area contributed by atoms with Crippen LogP contribution in [0.15, 0.2) is 23.2 Å². The molecular weight excluding hydrogens is 302 g/mol. The zero-order valence-electron chi connectivity index (χ0n) is 15.0. The number of benzene rings is 1. The number of nitrogens with one attached hydrogen (secondary N) is 1. The zero-order valence-corrected chi connectivity index (χ0v) is 15.0. The summed E-state index contributed by atoms with van der Waals surface area (Å²) in [6.07, 6.45) is 5.54. The fourth-order valence-electron chi connectivity index (χ4n) is 4.18. The van der Waals surface area contributed by atoms with Gasteiger partial charge in [0, 0.05) is 32.2 Å². The van der Waals surface area contributed by atoms with E-state index in [0.29, 0.717) is 6.54 Å². The third-order valence-electron chi connectivity index (χ3n) is 5.41. The first-order valence-electron chi connectivity index (χ1n) is 8.92. The predicted molar refractivity (Wildman–Crippen MR) is 96.8 cm³/mol. The summed E-state index contributed by atoms with van der Waals surface area (Å²) in [4.78, 5) is 6.92. The van der Waals surface area contributed by atoms with Crippen molar-refractivity contribution in [3.05, 3.63) is 23.8 Å². The highest BCUT2D eigenvalue weighted by Crippen LogP contribution is 2.36. The van der Waals surface area contributed by atoms with Crippen molar-refractivity contribution in [1.82, 2.24) is 10.2 Å². The van der Waals surface area contributed by atoms with E-state index in [-0.39, 0.29) is 0 Å². The van der Waals surface area contributed by atoms with E-state index < -0.39 is 0 Å². The lowest BCUT2D eigenvalue weighted by Crippen LogP contribution is -2.39. The zero-order chi connectivity index (χ0) is 16.9. The van der Waals surface area contributed by atoms with E-state index in [1.54, 1.807) is 14.2 Å². The molecule has 0 aromatic heterocycles. The lowest BCUT2D eigenvalue weighted by Gasteiger charge is -2.22. The van der Waals surface area contributed by atoms with E-state index >= 15 is 0 Å². The van der Waals surface area contributed by atoms with Gasteiger partial charge in [0.1, 0.15) is 0 Å². The number of likely N-dealkylation sites (tertiary alicyclic amines) is 1. The van der Waals surface area contributed by atoms with E-state index in [2.05, 4.69) is 21.3 Å². The number of ether oxygens (including phenoxy) is 2. The van der Waals surface area contributed by atoms with Crippen molar-refractivity contribution in [2.75, 3.05) is 34.4 Å². The molecule has 2 fully saturated rings. The summed E-state index contributed by atoms with van der Waals surface area (Å²) in [5, 5.41) is 3.50. The van der Waals surface area contributed by atoms with E-state index in [1.807, 2.05) is 19.2 Å². The molecule has 0 bridgehead atoms. The van der Waals surface area contributed by atoms with Gasteiger partial charge >= 0.3 is 0 Å². The largest absolute Gasteiger partial charge is 0.493 e. The van der Waals surface area contributed by atoms with Crippen molar-refractivity contribution < 1.29 is 9.47 Å². The Kier molecular flexibility index (Phi) is 5.48. The number of aliphatic imine (C=N–C) groups is 1. The molecule has 5 nitrogen and oxygen atoms in total. The number of hydrogen-bond donors (Lipinski definition) is 1. The molecule has 132 valence electrons. The van der Waals surface area contributed by atoms with E-state index in [9.17, 15) is 0 Å². The van der Waals surface area contributed by atoms with Gasteiger partial charge in [0.05, 0.1) is 14.2 Å². The molecule has 1 aliphatic heterocycles. The van der Waals surface area contributed by atoms with Crippen LogP contribution in [0.2, 0.25) is 0 Å². The Morgan fingerprint density at radius 3 is 2.46 bits per heavy atom. The molecule has 5 heteroatoms. The minimum Gasteiger partial charge on any atom is -0.493 e. The Hall–Kier alpha value is -1.91. The number of fused-ring (bicyclic) bond motifs is 1. The molecule has 24 heavy (non-hydrogen) atoms. The third kappa shape index (κ3) is 3.45. The van der Waals surface area contributed by atoms with Crippen LogP contribution in [0.4, 0.5) is 0 Å². The third-order valence-corrected chi connectivity index (χ3v) is 5.41. The second-order valence-electron chi connectivity index (χ2n) is 6.76. The molecule has 1 saturated heterocycles. The Morgan fingerprint density at radius 2 is 1.88 bits per heavy atom. The monoisotopic (exact) mass is 331 g/mol. The van der Waals surface area contributed by atoms with Gasteiger partial charge < -0.3 is 19.7 Å². The first kappa shape index (κ1) is 16.9. The van der Waals surface area contributed by atoms with Crippen molar-refractivity contribution in [2.45, 2.75) is 32.2 Å². The van der Waals surface area contributed by atoms with E-state index in [4.69, 9.17) is 9.47 Å². The molecule has 1 aromatic carbocycles. The summed E-state index contributed by atoms with van der Waals surface area (Å²) in [7, 11) is 5.22. The lowest BCUT2D eigenvalue weighted by atomic mass is 9.82. The summed E-state index contributed by atoms with van der Waals surface area (Å²) in [5.41, 5.74) is 1.08. The molecule has 2 unspecified atom stereocenters. The molecule has 0 spiro atoms. The van der Waals surface area contributed by atoms with Crippen molar-refractivity contribution in [3.63, 3.8) is 0 Å². The van der Waals surface area contributed by atoms with Gasteiger partial charge in [-0.15, -0.1) is 0 Å². The standard InChI is InChI=1S/C19H29N3O2/c1-20-19(22-12-15-7-4-5-8-16(15)13-22)21-11-14-9-6-10-17(23-2)18(14)24-3/h6,9-10,15-16H,4-5,7-8,11-13H2,1-3H3,(H,20,21). The second-order valence-corrected chi connectivity index (χ2v) is 6.76. The average molecular weight is 331 g/mol. The number of hydrogen-bond acceptors (Lipinski definition) is 3. The van der Waals surface area contributed by atoms with Crippen molar-refractivity contribution in [1.29, 1.82) is 0 Å². The van der Waals surface area contributed by atoms with Gasteiger partial charge in [0.15, 0.2) is 17.5 Å². The maximum absolute atomic E-state index is 5.52. The smallest absolute Gasteiger partial charge is 0.193 e. The fourth-order valence-corrected chi connectivity index (χ4v) is 4.18. The quantitative estimate of drug-likeness (QED) is 0.681. The first-order chi connectivity index (χ1) is 11.8. The van der Waals surface area contributed by atoms with Crippen LogP contribution < -0.4 is 14.8 Å². The summed E-state index contributed by atoms with van der Waals surface area (Å²) >= 11 is 0. The minimum atomic E-state index is 0.679. The molecule has 2 atom stereocenters. The molecule has 0 amide bonds. The van der Waals surface area contributed by atoms with Gasteiger partial charge in [-0.1, -0.05) is 25.0 Å². The van der Waals surface area contributed by atoms with Crippen LogP contribution in [0, 0.1) is 11.8 Å². The van der Waals surface area contributed by atoms with Gasteiger partial charge in [-0.3, -0.25) is 4.99 Å². The Labute approximate surface area is 145 Å². The van der Waals surface area contributed by atoms with E-state index in [0.717, 1.165) is 47.9 Å². The molecule has 1 aromatic rings. The molecule has 0 radical (unpaired) electrons. The van der Waals surface area contributed by atoms with Gasteiger partial charge in [0.25, 0.3) is 0 Å². The van der Waals surface area contributed by atoms with Crippen LogP contribution in [0.3, 0.4) is 0 Å². The number of guanidine groups is 1. The Morgan fingerprint density at radius 1 is 1.17 bits per heavy atom. The van der Waals surface area contributed by atoms with Gasteiger partial charge in [0.2, 0.25) is 0 Å². The maximum atomic E-state index is 5.52. The van der Waals surface area contributed by atoms with Crippen LogP contribution >= 0.6 is 0 Å². The predicted octanol–water partition coefficient (Wildman–Crippen LogP) is 2.90. The lowest BCUT2D eigenvalue weighted by molar-refractivity contribution is 0.299. The van der Waals surface area contributed by atoms with Crippen molar-refractivity contribution in [3.8, 4) is 11.5 Å². The van der Waals surface area contributed by atoms with Crippen LogP contribution in [0.25, 0.3) is 0 Å². The van der Waals surface area contributed by atoms with Gasteiger partial charge in [-0.25, -0.2) is 0 Å². The topological polar surface area (TPSA) is 46.1 Å². The first-order valence-corrected chi connectivity index (χ1v) is 8.92. The summed E-state index contributed by atoms with van der Waals surface area (Å²) in [6.45, 7) is 2.96. The van der Waals surface area contributed by atoms with Crippen molar-refractivity contribution in [2.24, 2.45) is 16.8 Å². The fraction of sp³-hybridized carbons (Fsp3) is 0.632. The second kappa shape index (κ2) is 7.77. The summed E-state index contributed by atoms with van der Waals surface area (Å²) in [5.74, 6) is 4.25. The highest BCUT2D eigenvalue weighted by atomic mass is 16.5. The molecule has 3 rings (SSSR count). The molecular formula is C19H29N3O2. The number of para-hydroxylation sites is 1. The molecule has 2 aliphatic rings. The average Bonchev–Trinajstić information content (AvgIpc) is 3.05. The van der Waals surface area contributed by atoms with Gasteiger partial charge in [-0.2, -0.15) is 0 Å². The minimum absolute atomic E-state index is 0.679. The number of nitrogens with zero attached hydrogens (tertiary/aromatic N) is 2. The molecule has 1 N–H and O–H groups in total. The highest BCUT2D eigenvalue weighted by molar-refractivity contribution is 5.80. The van der Waals surface area contributed by atoms with E-state index in [1.165, 1.54) is 25.7 Å². The maximum Gasteiger partial charge on any atom is 0.193 e. The molecule has 1 aliphatic carbocycles. The highest BCUT2D eigenvalue weighted by Gasteiger charge is 2.35. The van der Waals surface area contributed by atoms with Crippen LogP contribution in [-0.2, 0) is 6.54 Å². The number of methoxy groups -OCH3 is 2. The molecule has 1 saturated carbocycles. The Bertz CT molecular complexity index is 574. The summed E-state index contributed by atoms with van der Waals surface area (Å²) < 4.78 is 10.9. The van der Waals surface area contributed by atoms with Crippen molar-refractivity contribution >= 4 is 5.96 Å². The number of rotatable bonds is 4. The van der Waals surface area contributed by atoms with Crippen LogP contribution in [-0.4, -0.2) is 45.2 Å². The Balaban J connectivity index is 1.65. The molecule has 1 heterocycles. The van der Waals surface area contributed by atoms with Crippen LogP contribution in [0.1, 0.15) is 31.2 Å². The summed E-state index contributed by atoms with van der Waals surface area (Å²) in [6, 6.07) is 5.97. The van der Waals surface area contributed by atoms with Crippen LogP contribution in [0.5, 0.6) is 11.5 Å². The van der Waals surface area contributed by atoms with Gasteiger partial charge in [-0.05, 0) is 30.7 Å².